The summed E-state index contributed by atoms with van der Waals surface area (Å²) in [4.78, 5) is 6.62. The quantitative estimate of drug-likeness (QED) is 0.410. The van der Waals surface area contributed by atoms with Crippen LogP contribution >= 0.6 is 24.0 Å². The highest BCUT2D eigenvalue weighted by Gasteiger charge is 2.28. The number of hydrogen-bond donors (Lipinski definition) is 1. The van der Waals surface area contributed by atoms with Gasteiger partial charge in [-0.2, -0.15) is 5.10 Å². The molecule has 1 saturated heterocycles. The zero-order chi connectivity index (χ0) is 18.5. The minimum absolute atomic E-state index is 0. The minimum Gasteiger partial charge on any atom is -0.367 e. The maximum Gasteiger partial charge on any atom is 0.193 e. The molecule has 8 heteroatoms. The molecule has 1 N–H and O–H groups in total. The maximum absolute atomic E-state index is 13.2. The summed E-state index contributed by atoms with van der Waals surface area (Å²) in [7, 11) is 3.71. The summed E-state index contributed by atoms with van der Waals surface area (Å²) < 4.78 is 21.0. The Bertz CT molecular complexity index is 749. The molecular formula is C19H27FIN5O. The van der Waals surface area contributed by atoms with Gasteiger partial charge in [0.15, 0.2) is 5.96 Å². The van der Waals surface area contributed by atoms with E-state index in [1.807, 2.05) is 26.4 Å². The standard InChI is InChI=1S/C19H26FN5O.HI/c1-14-11-25(13-18(26-14)16-4-6-17(20)7-5-16)19(21-2)22-9-8-15-10-23-24(3)12-15;/h4-7,10,12,14,18H,8-9,11,13H2,1-3H3,(H,21,22);1H. The van der Waals surface area contributed by atoms with Crippen LogP contribution in [0.2, 0.25) is 0 Å². The lowest BCUT2D eigenvalue weighted by atomic mass is 10.1. The van der Waals surface area contributed by atoms with Crippen molar-refractivity contribution in [3.05, 3.63) is 53.6 Å². The van der Waals surface area contributed by atoms with Gasteiger partial charge < -0.3 is 15.0 Å². The van der Waals surface area contributed by atoms with Crippen molar-refractivity contribution in [3.8, 4) is 0 Å². The van der Waals surface area contributed by atoms with Gasteiger partial charge in [-0.15, -0.1) is 24.0 Å². The van der Waals surface area contributed by atoms with E-state index in [1.165, 1.54) is 17.7 Å². The van der Waals surface area contributed by atoms with Crippen molar-refractivity contribution in [2.24, 2.45) is 12.0 Å². The van der Waals surface area contributed by atoms with E-state index in [4.69, 9.17) is 4.74 Å². The van der Waals surface area contributed by atoms with Crippen molar-refractivity contribution in [1.29, 1.82) is 0 Å². The third-order valence-electron chi connectivity index (χ3n) is 4.47. The monoisotopic (exact) mass is 487 g/mol. The Morgan fingerprint density at radius 1 is 1.33 bits per heavy atom. The number of hydrogen-bond acceptors (Lipinski definition) is 3. The second-order valence-electron chi connectivity index (χ2n) is 6.64. The summed E-state index contributed by atoms with van der Waals surface area (Å²) in [6.45, 7) is 4.28. The summed E-state index contributed by atoms with van der Waals surface area (Å²) in [6, 6.07) is 6.52. The zero-order valence-electron chi connectivity index (χ0n) is 15.9. The molecule has 2 aromatic rings. The second-order valence-corrected chi connectivity index (χ2v) is 6.64. The van der Waals surface area contributed by atoms with Crippen LogP contribution in [0.3, 0.4) is 0 Å². The fourth-order valence-electron chi connectivity index (χ4n) is 3.24. The molecule has 2 atom stereocenters. The van der Waals surface area contributed by atoms with Crippen molar-refractivity contribution in [3.63, 3.8) is 0 Å². The largest absolute Gasteiger partial charge is 0.367 e. The first-order chi connectivity index (χ1) is 12.5. The third kappa shape index (κ3) is 5.90. The van der Waals surface area contributed by atoms with Gasteiger partial charge in [0.05, 0.1) is 18.8 Å². The lowest BCUT2D eigenvalue weighted by molar-refractivity contribution is -0.0604. The number of aromatic nitrogens is 2. The molecule has 0 aliphatic carbocycles. The third-order valence-corrected chi connectivity index (χ3v) is 4.47. The van der Waals surface area contributed by atoms with Crippen LogP contribution < -0.4 is 5.32 Å². The zero-order valence-corrected chi connectivity index (χ0v) is 18.3. The van der Waals surface area contributed by atoms with Crippen molar-refractivity contribution in [1.82, 2.24) is 20.0 Å². The maximum atomic E-state index is 13.2. The lowest BCUT2D eigenvalue weighted by Crippen LogP contribution is -2.51. The van der Waals surface area contributed by atoms with E-state index < -0.39 is 0 Å². The van der Waals surface area contributed by atoms with Gasteiger partial charge in [0, 0.05) is 33.4 Å². The number of ether oxygens (including phenoxy) is 1. The number of aryl methyl sites for hydroxylation is 1. The number of morpholine rings is 1. The van der Waals surface area contributed by atoms with Crippen molar-refractivity contribution >= 4 is 29.9 Å². The van der Waals surface area contributed by atoms with Gasteiger partial charge in [0.1, 0.15) is 11.9 Å². The molecule has 0 amide bonds. The number of rotatable bonds is 4. The molecule has 2 heterocycles. The van der Waals surface area contributed by atoms with Crippen LogP contribution in [0.1, 0.15) is 24.2 Å². The van der Waals surface area contributed by atoms with Gasteiger partial charge in [-0.05, 0) is 36.6 Å². The van der Waals surface area contributed by atoms with E-state index in [0.717, 1.165) is 31.0 Å². The SMILES string of the molecule is CN=C(NCCc1cnn(C)c1)N1CC(C)OC(c2ccc(F)cc2)C1.I. The van der Waals surface area contributed by atoms with E-state index >= 15 is 0 Å². The highest BCUT2D eigenvalue weighted by Crippen LogP contribution is 2.25. The van der Waals surface area contributed by atoms with Gasteiger partial charge in [-0.25, -0.2) is 4.39 Å². The average molecular weight is 487 g/mol. The van der Waals surface area contributed by atoms with Crippen molar-refractivity contribution < 1.29 is 9.13 Å². The van der Waals surface area contributed by atoms with Gasteiger partial charge in [0.25, 0.3) is 0 Å². The Labute approximate surface area is 176 Å². The normalized spacial score (nSPS) is 20.3. The molecule has 1 aromatic heterocycles. The second kappa shape index (κ2) is 10.0. The minimum atomic E-state index is -0.234. The molecule has 1 fully saturated rings. The van der Waals surface area contributed by atoms with E-state index in [-0.39, 0.29) is 42.0 Å². The molecule has 27 heavy (non-hydrogen) atoms. The fourth-order valence-corrected chi connectivity index (χ4v) is 3.24. The Balaban J connectivity index is 0.00000261. The predicted molar refractivity (Wildman–Crippen MR) is 115 cm³/mol. The van der Waals surface area contributed by atoms with Crippen molar-refractivity contribution in [2.45, 2.75) is 25.6 Å². The molecule has 0 saturated carbocycles. The van der Waals surface area contributed by atoms with E-state index in [1.54, 1.807) is 23.9 Å². The smallest absolute Gasteiger partial charge is 0.193 e. The van der Waals surface area contributed by atoms with Gasteiger partial charge in [-0.1, -0.05) is 12.1 Å². The molecule has 0 bridgehead atoms. The molecule has 3 rings (SSSR count). The van der Waals surface area contributed by atoms with Gasteiger partial charge >= 0.3 is 0 Å². The number of benzene rings is 1. The van der Waals surface area contributed by atoms with Crippen LogP contribution in [0.25, 0.3) is 0 Å². The van der Waals surface area contributed by atoms with Gasteiger partial charge in [-0.3, -0.25) is 9.67 Å². The molecule has 0 spiro atoms. The summed E-state index contributed by atoms with van der Waals surface area (Å²) in [5, 5.41) is 7.61. The predicted octanol–water partition coefficient (Wildman–Crippen LogP) is 2.76. The number of guanidine groups is 1. The van der Waals surface area contributed by atoms with Crippen LogP contribution in [-0.4, -0.2) is 53.4 Å². The molecule has 1 aliphatic heterocycles. The van der Waals surface area contributed by atoms with Gasteiger partial charge in [0.2, 0.25) is 0 Å². The Morgan fingerprint density at radius 2 is 2.07 bits per heavy atom. The van der Waals surface area contributed by atoms with Crippen molar-refractivity contribution in [2.75, 3.05) is 26.7 Å². The van der Waals surface area contributed by atoms with Crippen LogP contribution in [0.5, 0.6) is 0 Å². The molecular weight excluding hydrogens is 460 g/mol. The highest BCUT2D eigenvalue weighted by molar-refractivity contribution is 14.0. The summed E-state index contributed by atoms with van der Waals surface area (Å²) in [6.07, 6.45) is 4.75. The first-order valence-electron chi connectivity index (χ1n) is 8.89. The van der Waals surface area contributed by atoms with Crippen LogP contribution in [-0.2, 0) is 18.2 Å². The van der Waals surface area contributed by atoms with E-state index in [9.17, 15) is 4.39 Å². The van der Waals surface area contributed by atoms with Crippen LogP contribution in [0, 0.1) is 5.82 Å². The molecule has 1 aliphatic rings. The summed E-state index contributed by atoms with van der Waals surface area (Å²) in [5.41, 5.74) is 2.17. The van der Waals surface area contributed by atoms with E-state index in [2.05, 4.69) is 20.3 Å². The topological polar surface area (TPSA) is 54.7 Å². The number of nitrogens with zero attached hydrogens (tertiary/aromatic N) is 4. The molecule has 6 nitrogen and oxygen atoms in total. The van der Waals surface area contributed by atoms with Crippen LogP contribution in [0.4, 0.5) is 4.39 Å². The molecule has 1 aromatic carbocycles. The fraction of sp³-hybridized carbons (Fsp3) is 0.474. The number of aliphatic imine (C=N–C) groups is 1. The highest BCUT2D eigenvalue weighted by atomic mass is 127. The summed E-state index contributed by atoms with van der Waals surface area (Å²) in [5.74, 6) is 0.624. The number of halogens is 2. The Hall–Kier alpha value is -1.68. The first-order valence-corrected chi connectivity index (χ1v) is 8.89. The molecule has 2 unspecified atom stereocenters. The number of nitrogens with one attached hydrogen (secondary N) is 1. The Morgan fingerprint density at radius 3 is 2.70 bits per heavy atom. The summed E-state index contributed by atoms with van der Waals surface area (Å²) >= 11 is 0. The molecule has 148 valence electrons. The average Bonchev–Trinajstić information content (AvgIpc) is 3.04. The first kappa shape index (κ1) is 21.6. The van der Waals surface area contributed by atoms with Crippen LogP contribution in [0.15, 0.2) is 41.7 Å². The lowest BCUT2D eigenvalue weighted by Gasteiger charge is -2.38. The molecule has 0 radical (unpaired) electrons. The van der Waals surface area contributed by atoms with E-state index in [0.29, 0.717) is 6.54 Å². The Kier molecular flexibility index (Phi) is 8.03.